The maximum absolute atomic E-state index is 9.41. The first-order valence-electron chi connectivity index (χ1n) is 10.1. The van der Waals surface area contributed by atoms with E-state index in [2.05, 4.69) is 58.7 Å². The van der Waals surface area contributed by atoms with Crippen LogP contribution in [-0.4, -0.2) is 12.2 Å². The van der Waals surface area contributed by atoms with Crippen molar-refractivity contribution in [3.05, 3.63) is 91.1 Å². The highest BCUT2D eigenvalue weighted by atomic mass is 16.5. The predicted octanol–water partition coefficient (Wildman–Crippen LogP) is 8.44. The van der Waals surface area contributed by atoms with Crippen molar-refractivity contribution >= 4 is 5.57 Å². The number of allylic oxidation sites excluding steroid dienone is 9. The molecule has 1 aromatic carbocycles. The van der Waals surface area contributed by atoms with Gasteiger partial charge in [-0.25, -0.2) is 0 Å². The first-order valence-corrected chi connectivity index (χ1v) is 10.1. The Hall–Kier alpha value is -2.74. The fourth-order valence-corrected chi connectivity index (χ4v) is 2.36. The third-order valence-electron chi connectivity index (χ3n) is 3.74. The van der Waals surface area contributed by atoms with Gasteiger partial charge < -0.3 is 9.84 Å². The highest BCUT2D eigenvalue weighted by Crippen LogP contribution is 2.32. The van der Waals surface area contributed by atoms with Gasteiger partial charge in [0.25, 0.3) is 0 Å². The molecule has 0 bridgehead atoms. The quantitative estimate of drug-likeness (QED) is 0.408. The molecule has 29 heavy (non-hydrogen) atoms. The average molecular weight is 397 g/mol. The summed E-state index contributed by atoms with van der Waals surface area (Å²) in [7, 11) is 1.58. The highest BCUT2D eigenvalue weighted by molar-refractivity contribution is 5.83. The number of methoxy groups -OCH3 is 1. The minimum atomic E-state index is 0.187. The topological polar surface area (TPSA) is 29.5 Å². The van der Waals surface area contributed by atoms with Gasteiger partial charge in [0.1, 0.15) is 11.5 Å². The molecule has 1 aromatic rings. The third kappa shape index (κ3) is 12.4. The number of hydrogen-bond acceptors (Lipinski definition) is 2. The molecule has 1 N–H and O–H groups in total. The van der Waals surface area contributed by atoms with Crippen molar-refractivity contribution in [3.8, 4) is 11.5 Å². The normalized spacial score (nSPS) is 12.3. The van der Waals surface area contributed by atoms with Crippen LogP contribution in [0, 0.1) is 0 Å². The Morgan fingerprint density at radius 2 is 1.83 bits per heavy atom. The number of phenols is 1. The summed E-state index contributed by atoms with van der Waals surface area (Å²) in [6, 6.07) is 5.03. The summed E-state index contributed by atoms with van der Waals surface area (Å²) in [4.78, 5) is 0. The molecule has 0 radical (unpaired) electrons. The number of ether oxygens (including phenoxy) is 1. The molecular formula is C27H40O2. The van der Waals surface area contributed by atoms with E-state index in [-0.39, 0.29) is 5.75 Å². The molecule has 0 saturated heterocycles. The van der Waals surface area contributed by atoms with Crippen LogP contribution in [-0.2, 0) is 0 Å². The standard InChI is InChI=1S/C15H18O2.C7H10.C3H8.C2H4/c1-5-7-12(6-2)11(3)14-9-8-13(16)10-15(14)17-4;1-7-5-3-2-4-6-7;1-3-2;1-2/h5-10,16H,3H2,1-2,4H3;2-3,5H,4,6H2,1H3;3H2,1-2H3;1-2H2/b7-5-,12-6+;;;. The summed E-state index contributed by atoms with van der Waals surface area (Å²) >= 11 is 0. The first-order chi connectivity index (χ1) is 13.9. The summed E-state index contributed by atoms with van der Waals surface area (Å²) < 4.78 is 5.25. The number of aromatic hydroxyl groups is 1. The molecule has 2 rings (SSSR count). The van der Waals surface area contributed by atoms with E-state index in [1.165, 1.54) is 24.8 Å². The SMILES string of the molecule is C=C.C=C(C(/C=C\C)=C/C)c1ccc(O)cc1OC.CC1=CC=CCC1.CCC. The lowest BCUT2D eigenvalue weighted by Crippen LogP contribution is -1.92. The molecule has 2 heteroatoms. The van der Waals surface area contributed by atoms with Crippen molar-refractivity contribution in [3.63, 3.8) is 0 Å². The Kier molecular flexibility index (Phi) is 18.3. The second-order valence-electron chi connectivity index (χ2n) is 6.29. The second kappa shape index (κ2) is 18.6. The molecule has 0 fully saturated rings. The molecule has 0 aromatic heterocycles. The molecule has 0 spiro atoms. The maximum atomic E-state index is 9.41. The maximum Gasteiger partial charge on any atom is 0.130 e. The van der Waals surface area contributed by atoms with Crippen LogP contribution in [0.4, 0.5) is 0 Å². The zero-order chi connectivity index (χ0) is 22.7. The van der Waals surface area contributed by atoms with Gasteiger partial charge in [-0.2, -0.15) is 0 Å². The predicted molar refractivity (Wildman–Crippen MR) is 132 cm³/mol. The second-order valence-corrected chi connectivity index (χ2v) is 6.29. The zero-order valence-corrected chi connectivity index (χ0v) is 19.3. The van der Waals surface area contributed by atoms with Crippen molar-refractivity contribution in [1.82, 2.24) is 0 Å². The molecule has 0 atom stereocenters. The molecule has 1 aliphatic rings. The largest absolute Gasteiger partial charge is 0.508 e. The molecule has 160 valence electrons. The van der Waals surface area contributed by atoms with E-state index >= 15 is 0 Å². The minimum Gasteiger partial charge on any atom is -0.508 e. The number of rotatable bonds is 4. The number of benzene rings is 1. The number of hydrogen-bond donors (Lipinski definition) is 1. The van der Waals surface area contributed by atoms with Crippen LogP contribution in [0.25, 0.3) is 5.57 Å². The monoisotopic (exact) mass is 396 g/mol. The van der Waals surface area contributed by atoms with Crippen molar-refractivity contribution in [2.45, 2.75) is 53.9 Å². The molecule has 0 aliphatic heterocycles. The van der Waals surface area contributed by atoms with Crippen LogP contribution in [0.3, 0.4) is 0 Å². The Labute approximate surface area is 179 Å². The van der Waals surface area contributed by atoms with Crippen LogP contribution in [0.15, 0.2) is 85.5 Å². The van der Waals surface area contributed by atoms with Crippen molar-refractivity contribution < 1.29 is 9.84 Å². The smallest absolute Gasteiger partial charge is 0.130 e. The van der Waals surface area contributed by atoms with Crippen LogP contribution in [0.1, 0.15) is 59.4 Å². The summed E-state index contributed by atoms with van der Waals surface area (Å²) in [5, 5.41) is 9.41. The fourth-order valence-electron chi connectivity index (χ4n) is 2.36. The van der Waals surface area contributed by atoms with Gasteiger partial charge in [-0.15, -0.1) is 13.2 Å². The van der Waals surface area contributed by atoms with E-state index in [1.807, 2.05) is 38.1 Å². The van der Waals surface area contributed by atoms with Gasteiger partial charge in [-0.1, -0.05) is 68.9 Å². The van der Waals surface area contributed by atoms with E-state index in [0.717, 1.165) is 16.7 Å². The van der Waals surface area contributed by atoms with Gasteiger partial charge in [0.05, 0.1) is 7.11 Å². The average Bonchev–Trinajstić information content (AvgIpc) is 2.74. The van der Waals surface area contributed by atoms with Gasteiger partial charge in [0.15, 0.2) is 0 Å². The van der Waals surface area contributed by atoms with E-state index in [0.29, 0.717) is 5.75 Å². The van der Waals surface area contributed by atoms with E-state index in [9.17, 15) is 5.11 Å². The van der Waals surface area contributed by atoms with E-state index in [4.69, 9.17) is 4.74 Å². The molecule has 0 heterocycles. The lowest BCUT2D eigenvalue weighted by Gasteiger charge is -2.12. The molecule has 0 unspecified atom stereocenters. The van der Waals surface area contributed by atoms with Crippen LogP contribution in [0.2, 0.25) is 0 Å². The lowest BCUT2D eigenvalue weighted by atomic mass is 9.98. The van der Waals surface area contributed by atoms with Gasteiger partial charge >= 0.3 is 0 Å². The van der Waals surface area contributed by atoms with E-state index < -0.39 is 0 Å². The summed E-state index contributed by atoms with van der Waals surface area (Å²) in [5.74, 6) is 0.810. The Morgan fingerprint density at radius 1 is 1.21 bits per heavy atom. The van der Waals surface area contributed by atoms with Crippen LogP contribution in [0.5, 0.6) is 11.5 Å². The molecule has 0 amide bonds. The van der Waals surface area contributed by atoms with Crippen molar-refractivity contribution in [2.75, 3.05) is 7.11 Å². The summed E-state index contributed by atoms with van der Waals surface area (Å²) in [5.41, 5.74) is 4.30. The minimum absolute atomic E-state index is 0.187. The van der Waals surface area contributed by atoms with Gasteiger partial charge in [-0.05, 0) is 56.9 Å². The van der Waals surface area contributed by atoms with Crippen LogP contribution >= 0.6 is 0 Å². The fraction of sp³-hybridized carbons (Fsp3) is 0.333. The zero-order valence-electron chi connectivity index (χ0n) is 19.3. The van der Waals surface area contributed by atoms with Gasteiger partial charge in [-0.3, -0.25) is 0 Å². The molecule has 1 aliphatic carbocycles. The Balaban J connectivity index is 0. The Morgan fingerprint density at radius 3 is 2.21 bits per heavy atom. The third-order valence-corrected chi connectivity index (χ3v) is 3.74. The summed E-state index contributed by atoms with van der Waals surface area (Å²) in [6.45, 7) is 20.4. The highest BCUT2D eigenvalue weighted by Gasteiger charge is 2.09. The van der Waals surface area contributed by atoms with Crippen molar-refractivity contribution in [1.29, 1.82) is 0 Å². The van der Waals surface area contributed by atoms with Crippen LogP contribution < -0.4 is 4.74 Å². The molecule has 2 nitrogen and oxygen atoms in total. The van der Waals surface area contributed by atoms with Crippen molar-refractivity contribution in [2.24, 2.45) is 0 Å². The van der Waals surface area contributed by atoms with Gasteiger partial charge in [0, 0.05) is 11.6 Å². The molecule has 0 saturated carbocycles. The lowest BCUT2D eigenvalue weighted by molar-refractivity contribution is 0.406. The first kappa shape index (κ1) is 28.5. The summed E-state index contributed by atoms with van der Waals surface area (Å²) in [6.07, 6.45) is 16.2. The number of phenolic OH excluding ortho intramolecular Hbond substituents is 1. The Bertz CT molecular complexity index is 703. The van der Waals surface area contributed by atoms with E-state index in [1.54, 1.807) is 19.2 Å². The molecular weight excluding hydrogens is 356 g/mol. The van der Waals surface area contributed by atoms with Gasteiger partial charge in [0.2, 0.25) is 0 Å².